The van der Waals surface area contributed by atoms with Crippen LogP contribution in [0, 0.1) is 0 Å². The third-order valence-electron chi connectivity index (χ3n) is 5.36. The molecule has 1 fully saturated rings. The van der Waals surface area contributed by atoms with Crippen molar-refractivity contribution < 1.29 is 9.53 Å². The number of pyridine rings is 1. The maximum absolute atomic E-state index is 12.8. The van der Waals surface area contributed by atoms with E-state index in [-0.39, 0.29) is 5.91 Å². The van der Waals surface area contributed by atoms with Gasteiger partial charge >= 0.3 is 0 Å². The molecule has 0 aliphatic carbocycles. The van der Waals surface area contributed by atoms with Crippen LogP contribution in [0.3, 0.4) is 0 Å². The molecule has 0 saturated carbocycles. The molecule has 1 amide bonds. The van der Waals surface area contributed by atoms with E-state index in [1.165, 1.54) is 10.4 Å². The summed E-state index contributed by atoms with van der Waals surface area (Å²) in [5.74, 6) is 0.705. The molecule has 4 heterocycles. The predicted octanol–water partition coefficient (Wildman–Crippen LogP) is 2.16. The minimum atomic E-state index is -0.0512. The van der Waals surface area contributed by atoms with Gasteiger partial charge in [0.25, 0.3) is 5.91 Å². The van der Waals surface area contributed by atoms with Crippen molar-refractivity contribution >= 4 is 23.1 Å². The number of carbonyl (C=O) groups is 1. The summed E-state index contributed by atoms with van der Waals surface area (Å²) in [6, 6.07) is 6.20. The number of carbonyl (C=O) groups excluding carboxylic acids is 1. The Bertz CT molecular complexity index is 788. The quantitative estimate of drug-likeness (QED) is 0.853. The van der Waals surface area contributed by atoms with Crippen molar-refractivity contribution in [3.8, 4) is 0 Å². The van der Waals surface area contributed by atoms with E-state index in [4.69, 9.17) is 4.74 Å². The van der Waals surface area contributed by atoms with Gasteiger partial charge in [0.1, 0.15) is 5.82 Å². The van der Waals surface area contributed by atoms with Crippen LogP contribution in [0.25, 0.3) is 0 Å². The summed E-state index contributed by atoms with van der Waals surface area (Å²) in [7, 11) is 0. The van der Waals surface area contributed by atoms with Crippen LogP contribution in [0.1, 0.15) is 27.7 Å². The third-order valence-corrected chi connectivity index (χ3v) is 6.38. The van der Waals surface area contributed by atoms with E-state index in [9.17, 15) is 4.79 Å². The fourth-order valence-corrected chi connectivity index (χ4v) is 4.60. The van der Waals surface area contributed by atoms with Gasteiger partial charge in [-0.25, -0.2) is 4.98 Å². The van der Waals surface area contributed by atoms with Crippen molar-refractivity contribution in [1.29, 1.82) is 0 Å². The maximum atomic E-state index is 12.8. The van der Waals surface area contributed by atoms with Gasteiger partial charge in [-0.2, -0.15) is 0 Å². The van der Waals surface area contributed by atoms with Crippen molar-refractivity contribution in [2.24, 2.45) is 0 Å². The molecule has 1 N–H and O–H groups in total. The molecule has 0 aromatic carbocycles. The lowest BCUT2D eigenvalue weighted by Gasteiger charge is -2.32. The van der Waals surface area contributed by atoms with E-state index >= 15 is 0 Å². The molecule has 144 valence electrons. The molecule has 2 aromatic heterocycles. The molecule has 0 radical (unpaired) electrons. The fourth-order valence-electron chi connectivity index (χ4n) is 3.71. The Morgan fingerprint density at radius 1 is 1.33 bits per heavy atom. The van der Waals surface area contributed by atoms with Crippen LogP contribution in [0.2, 0.25) is 0 Å². The van der Waals surface area contributed by atoms with Gasteiger partial charge in [0.15, 0.2) is 0 Å². The number of nitrogens with one attached hydrogen (secondary N) is 1. The lowest BCUT2D eigenvalue weighted by atomic mass is 10.1. The number of rotatable bonds is 5. The molecule has 2 aliphatic rings. The van der Waals surface area contributed by atoms with Gasteiger partial charge in [-0.3, -0.25) is 9.69 Å². The van der Waals surface area contributed by atoms with Crippen LogP contribution in [0.15, 0.2) is 29.8 Å². The first-order chi connectivity index (χ1) is 13.2. The van der Waals surface area contributed by atoms with Gasteiger partial charge in [0.2, 0.25) is 0 Å². The largest absolute Gasteiger partial charge is 0.378 e. The summed E-state index contributed by atoms with van der Waals surface area (Å²) in [5.41, 5.74) is 2.08. The highest BCUT2D eigenvalue weighted by molar-refractivity contribution is 7.10. The molecular formula is C20H26N4O2S. The highest BCUT2D eigenvalue weighted by Gasteiger charge is 2.23. The Hall–Kier alpha value is -1.96. The summed E-state index contributed by atoms with van der Waals surface area (Å²) in [5, 5.41) is 5.29. The second-order valence-corrected chi connectivity index (χ2v) is 8.12. The standard InChI is InChI=1S/C20H26N4O2S/c1-15(24-7-4-18-16(14-24)5-12-27-18)13-22-20(25)17-3-2-6-21-19(17)23-8-10-26-11-9-23/h2-3,5-6,12,15H,4,7-11,13-14H2,1H3,(H,22,25). The van der Waals surface area contributed by atoms with Crippen molar-refractivity contribution in [1.82, 2.24) is 15.2 Å². The monoisotopic (exact) mass is 386 g/mol. The van der Waals surface area contributed by atoms with Crippen molar-refractivity contribution in [3.63, 3.8) is 0 Å². The van der Waals surface area contributed by atoms with Gasteiger partial charge in [0.05, 0.1) is 18.8 Å². The number of morpholine rings is 1. The molecule has 2 aliphatic heterocycles. The molecule has 1 saturated heterocycles. The third kappa shape index (κ3) is 4.15. The number of hydrogen-bond acceptors (Lipinski definition) is 6. The second-order valence-electron chi connectivity index (χ2n) is 7.12. The average Bonchev–Trinajstić information content (AvgIpc) is 3.20. The molecular weight excluding hydrogens is 360 g/mol. The van der Waals surface area contributed by atoms with Gasteiger partial charge in [-0.15, -0.1) is 11.3 Å². The summed E-state index contributed by atoms with van der Waals surface area (Å²) in [4.78, 5) is 23.4. The topological polar surface area (TPSA) is 57.7 Å². The summed E-state index contributed by atoms with van der Waals surface area (Å²) in [6.07, 6.45) is 2.85. The van der Waals surface area contributed by atoms with Gasteiger partial charge < -0.3 is 15.0 Å². The van der Waals surface area contributed by atoms with Gasteiger partial charge in [-0.05, 0) is 42.5 Å². The number of anilines is 1. The van der Waals surface area contributed by atoms with Gasteiger partial charge in [-0.1, -0.05) is 0 Å². The van der Waals surface area contributed by atoms with Crippen LogP contribution in [-0.2, 0) is 17.7 Å². The number of thiophene rings is 1. The van der Waals surface area contributed by atoms with E-state index in [2.05, 4.69) is 38.5 Å². The summed E-state index contributed by atoms with van der Waals surface area (Å²) < 4.78 is 5.41. The smallest absolute Gasteiger partial charge is 0.255 e. The van der Waals surface area contributed by atoms with E-state index in [0.29, 0.717) is 31.4 Å². The Morgan fingerprint density at radius 3 is 3.04 bits per heavy atom. The van der Waals surface area contributed by atoms with Crippen LogP contribution < -0.4 is 10.2 Å². The molecule has 6 nitrogen and oxygen atoms in total. The Labute approximate surface area is 164 Å². The van der Waals surface area contributed by atoms with Crippen LogP contribution in [-0.4, -0.2) is 61.2 Å². The predicted molar refractivity (Wildman–Crippen MR) is 107 cm³/mol. The lowest BCUT2D eigenvalue weighted by molar-refractivity contribution is 0.0931. The Balaban J connectivity index is 1.37. The van der Waals surface area contributed by atoms with Crippen molar-refractivity contribution in [3.05, 3.63) is 45.8 Å². The Kier molecular flexibility index (Phi) is 5.71. The number of nitrogens with zero attached hydrogens (tertiary/aromatic N) is 3. The first-order valence-electron chi connectivity index (χ1n) is 9.57. The average molecular weight is 387 g/mol. The van der Waals surface area contributed by atoms with E-state index < -0.39 is 0 Å². The number of amides is 1. The molecule has 0 spiro atoms. The minimum Gasteiger partial charge on any atom is -0.378 e. The van der Waals surface area contributed by atoms with Crippen LogP contribution in [0.4, 0.5) is 5.82 Å². The number of fused-ring (bicyclic) bond motifs is 1. The van der Waals surface area contributed by atoms with E-state index in [1.807, 2.05) is 23.5 Å². The molecule has 0 bridgehead atoms. The SMILES string of the molecule is CC(CNC(=O)c1cccnc1N1CCOCC1)N1CCc2sccc2C1. The molecule has 27 heavy (non-hydrogen) atoms. The lowest BCUT2D eigenvalue weighted by Crippen LogP contribution is -2.44. The van der Waals surface area contributed by atoms with Crippen molar-refractivity contribution in [2.75, 3.05) is 44.3 Å². The highest BCUT2D eigenvalue weighted by atomic mass is 32.1. The molecule has 1 unspecified atom stereocenters. The minimum absolute atomic E-state index is 0.0512. The fraction of sp³-hybridized carbons (Fsp3) is 0.500. The number of hydrogen-bond donors (Lipinski definition) is 1. The molecule has 1 atom stereocenters. The van der Waals surface area contributed by atoms with Crippen molar-refractivity contribution in [2.45, 2.75) is 25.9 Å². The first kappa shape index (κ1) is 18.4. The number of aromatic nitrogens is 1. The summed E-state index contributed by atoms with van der Waals surface area (Å²) in [6.45, 7) is 7.73. The molecule has 4 rings (SSSR count). The van der Waals surface area contributed by atoms with Crippen LogP contribution in [0.5, 0.6) is 0 Å². The normalized spacial score (nSPS) is 18.8. The van der Waals surface area contributed by atoms with E-state index in [1.54, 1.807) is 6.20 Å². The first-order valence-corrected chi connectivity index (χ1v) is 10.5. The Morgan fingerprint density at radius 2 is 2.19 bits per heavy atom. The summed E-state index contributed by atoms with van der Waals surface area (Å²) >= 11 is 1.85. The maximum Gasteiger partial charge on any atom is 0.255 e. The zero-order valence-electron chi connectivity index (χ0n) is 15.7. The van der Waals surface area contributed by atoms with Gasteiger partial charge in [0, 0.05) is 49.8 Å². The molecule has 2 aromatic rings. The zero-order chi connectivity index (χ0) is 18.6. The highest BCUT2D eigenvalue weighted by Crippen LogP contribution is 2.25. The zero-order valence-corrected chi connectivity index (χ0v) is 16.5. The number of ether oxygens (including phenoxy) is 1. The van der Waals surface area contributed by atoms with Crippen LogP contribution >= 0.6 is 11.3 Å². The second kappa shape index (κ2) is 8.37. The van der Waals surface area contributed by atoms with E-state index in [0.717, 1.165) is 38.4 Å². The molecule has 7 heteroatoms.